The number of nitrogens with one attached hydrogen (secondary N) is 2. The van der Waals surface area contributed by atoms with Gasteiger partial charge in [-0.3, -0.25) is 5.41 Å². The minimum Gasteiger partial charge on any atom is -0.392 e. The summed E-state index contributed by atoms with van der Waals surface area (Å²) < 4.78 is 1.91. The van der Waals surface area contributed by atoms with Crippen LogP contribution in [-0.2, 0) is 13.2 Å². The van der Waals surface area contributed by atoms with Gasteiger partial charge in [-0.1, -0.05) is 29.5 Å². The first-order valence-corrected chi connectivity index (χ1v) is 8.75. The summed E-state index contributed by atoms with van der Waals surface area (Å²) in [5, 5.41) is 18.2. The quantitative estimate of drug-likeness (QED) is 0.469. The van der Waals surface area contributed by atoms with Gasteiger partial charge in [0.25, 0.3) is 0 Å². The third-order valence-electron chi connectivity index (χ3n) is 3.81. The van der Waals surface area contributed by atoms with Crippen LogP contribution in [0.25, 0.3) is 11.2 Å². The van der Waals surface area contributed by atoms with Crippen LogP contribution in [0.4, 0.5) is 0 Å². The number of aliphatic hydroxyl groups excluding tert-OH is 1. The first kappa shape index (κ1) is 17.3. The molecule has 0 atom stereocenters. The van der Waals surface area contributed by atoms with E-state index in [0.717, 1.165) is 22.4 Å². The molecular weight excluding hydrogens is 334 g/mol. The fourth-order valence-electron chi connectivity index (χ4n) is 2.56. The summed E-state index contributed by atoms with van der Waals surface area (Å²) >= 11 is 1.44. The number of fused-ring (bicyclic) bond motifs is 1. The molecule has 0 fully saturated rings. The lowest BCUT2D eigenvalue weighted by Crippen LogP contribution is -2.12. The van der Waals surface area contributed by atoms with E-state index in [9.17, 15) is 5.11 Å². The van der Waals surface area contributed by atoms with Crippen molar-refractivity contribution in [3.8, 4) is 12.3 Å². The number of H-pyrrole nitrogens is 1. The minimum atomic E-state index is -0.0262. The summed E-state index contributed by atoms with van der Waals surface area (Å²) in [5.41, 5.74) is 3.41. The number of nitrogens with zero attached hydrogens (tertiary/aromatic N) is 3. The minimum absolute atomic E-state index is 0.0262. The van der Waals surface area contributed by atoms with E-state index in [2.05, 4.69) is 20.9 Å². The summed E-state index contributed by atoms with van der Waals surface area (Å²) in [6.07, 6.45) is 8.45. The van der Waals surface area contributed by atoms with Crippen molar-refractivity contribution in [2.24, 2.45) is 0 Å². The molecule has 0 aliphatic carbocycles. The summed E-state index contributed by atoms with van der Waals surface area (Å²) in [7, 11) is 0. The Balaban J connectivity index is 1.96. The Hall–Kier alpha value is -2.56. The fraction of sp³-hybridized carbons (Fsp3) is 0.278. The zero-order valence-corrected chi connectivity index (χ0v) is 14.7. The predicted molar refractivity (Wildman–Crippen MR) is 97.0 cm³/mol. The number of aromatic amines is 1. The smallest absolute Gasteiger partial charge is 0.173 e. The van der Waals surface area contributed by atoms with Gasteiger partial charge in [0.15, 0.2) is 16.3 Å². The second-order valence-electron chi connectivity index (χ2n) is 5.71. The second kappa shape index (κ2) is 7.55. The highest BCUT2D eigenvalue weighted by Gasteiger charge is 2.12. The molecule has 0 radical (unpaired) electrons. The van der Waals surface area contributed by atoms with Gasteiger partial charge in [0.1, 0.15) is 5.52 Å². The zero-order chi connectivity index (χ0) is 17.8. The first-order chi connectivity index (χ1) is 12.1. The van der Waals surface area contributed by atoms with Crippen LogP contribution in [0.2, 0.25) is 0 Å². The molecule has 0 saturated heterocycles. The van der Waals surface area contributed by atoms with E-state index in [-0.39, 0.29) is 12.1 Å². The van der Waals surface area contributed by atoms with Gasteiger partial charge in [-0.2, -0.15) is 0 Å². The van der Waals surface area contributed by atoms with E-state index in [4.69, 9.17) is 11.8 Å². The number of hydrogen-bond donors (Lipinski definition) is 3. The number of unbranched alkanes of at least 4 members (excludes halogenated alkanes) is 1. The molecule has 3 aromatic rings. The third-order valence-corrected chi connectivity index (χ3v) is 4.82. The standard InChI is InChI=1S/C18H19N5OS/c1-3-4-5-8-23-11-20-16(19)15-17(23)22-18(21-15)25-14-7-6-12(2)9-13(14)10-24/h1,6-7,9,11,19,24H,4-5,8,10H2,2H3,(H,21,22). The van der Waals surface area contributed by atoms with Gasteiger partial charge in [-0.05, 0) is 25.0 Å². The SMILES string of the molecule is C#CCCCn1cnc(=N)c2[nH]c(Sc3ccc(C)cc3CO)nc21. The number of terminal acetylenes is 1. The molecule has 0 saturated carbocycles. The number of aromatic nitrogens is 4. The molecule has 7 heteroatoms. The van der Waals surface area contributed by atoms with E-state index >= 15 is 0 Å². The van der Waals surface area contributed by atoms with Crippen LogP contribution in [-0.4, -0.2) is 24.6 Å². The monoisotopic (exact) mass is 353 g/mol. The molecule has 25 heavy (non-hydrogen) atoms. The van der Waals surface area contributed by atoms with Crippen LogP contribution >= 0.6 is 11.8 Å². The zero-order valence-electron chi connectivity index (χ0n) is 13.9. The maximum atomic E-state index is 9.57. The molecule has 0 aliphatic rings. The maximum absolute atomic E-state index is 9.57. The lowest BCUT2D eigenvalue weighted by atomic mass is 10.1. The van der Waals surface area contributed by atoms with Crippen molar-refractivity contribution in [1.82, 2.24) is 19.5 Å². The number of aryl methyl sites for hydroxylation is 2. The fourth-order valence-corrected chi connectivity index (χ4v) is 3.45. The van der Waals surface area contributed by atoms with Gasteiger partial charge < -0.3 is 14.7 Å². The molecular formula is C18H19N5OS. The number of aliphatic hydroxyl groups is 1. The Kier molecular flexibility index (Phi) is 5.22. The van der Waals surface area contributed by atoms with E-state index in [1.807, 2.05) is 29.7 Å². The molecule has 0 amide bonds. The van der Waals surface area contributed by atoms with Crippen molar-refractivity contribution in [1.29, 1.82) is 5.41 Å². The summed E-state index contributed by atoms with van der Waals surface area (Å²) in [6.45, 7) is 2.67. The normalized spacial score (nSPS) is 10.9. The van der Waals surface area contributed by atoms with Crippen molar-refractivity contribution < 1.29 is 5.11 Å². The van der Waals surface area contributed by atoms with Crippen LogP contribution in [0.15, 0.2) is 34.6 Å². The van der Waals surface area contributed by atoms with Gasteiger partial charge in [0.05, 0.1) is 12.9 Å². The lowest BCUT2D eigenvalue weighted by molar-refractivity contribution is 0.279. The molecule has 3 rings (SSSR count). The number of benzene rings is 1. The number of hydrogen-bond acceptors (Lipinski definition) is 5. The molecule has 0 spiro atoms. The highest BCUT2D eigenvalue weighted by molar-refractivity contribution is 7.99. The summed E-state index contributed by atoms with van der Waals surface area (Å²) in [4.78, 5) is 12.8. The van der Waals surface area contributed by atoms with Crippen molar-refractivity contribution in [2.75, 3.05) is 0 Å². The largest absolute Gasteiger partial charge is 0.392 e. The second-order valence-corrected chi connectivity index (χ2v) is 6.74. The molecule has 2 heterocycles. The van der Waals surface area contributed by atoms with E-state index < -0.39 is 0 Å². The van der Waals surface area contributed by atoms with Crippen molar-refractivity contribution in [2.45, 2.75) is 43.0 Å². The molecule has 0 unspecified atom stereocenters. The molecule has 2 aromatic heterocycles. The number of rotatable bonds is 6. The molecule has 1 aromatic carbocycles. The van der Waals surface area contributed by atoms with E-state index in [1.165, 1.54) is 11.8 Å². The van der Waals surface area contributed by atoms with Crippen LogP contribution in [0, 0.1) is 24.7 Å². The highest BCUT2D eigenvalue weighted by Crippen LogP contribution is 2.30. The van der Waals surface area contributed by atoms with Crippen LogP contribution in [0.5, 0.6) is 0 Å². The Morgan fingerprint density at radius 3 is 3.04 bits per heavy atom. The molecule has 128 valence electrons. The van der Waals surface area contributed by atoms with Gasteiger partial charge >= 0.3 is 0 Å². The Morgan fingerprint density at radius 2 is 2.28 bits per heavy atom. The topological polar surface area (TPSA) is 90.6 Å². The Bertz CT molecular complexity index is 999. The first-order valence-electron chi connectivity index (χ1n) is 7.94. The van der Waals surface area contributed by atoms with Gasteiger partial charge in [-0.25, -0.2) is 9.97 Å². The average molecular weight is 353 g/mol. The van der Waals surface area contributed by atoms with E-state index in [0.29, 0.717) is 29.3 Å². The van der Waals surface area contributed by atoms with Gasteiger partial charge in [0.2, 0.25) is 0 Å². The van der Waals surface area contributed by atoms with E-state index in [1.54, 1.807) is 6.33 Å². The number of imidazole rings is 1. The molecule has 6 nitrogen and oxygen atoms in total. The van der Waals surface area contributed by atoms with Crippen LogP contribution in [0.3, 0.4) is 0 Å². The van der Waals surface area contributed by atoms with Gasteiger partial charge in [0, 0.05) is 17.9 Å². The van der Waals surface area contributed by atoms with Crippen molar-refractivity contribution in [3.05, 3.63) is 41.1 Å². The highest BCUT2D eigenvalue weighted by atomic mass is 32.2. The molecule has 0 bridgehead atoms. The Labute approximate surface area is 149 Å². The van der Waals surface area contributed by atoms with Crippen molar-refractivity contribution >= 4 is 22.9 Å². The summed E-state index contributed by atoms with van der Waals surface area (Å²) in [5.74, 6) is 2.63. The summed E-state index contributed by atoms with van der Waals surface area (Å²) in [6, 6.07) is 5.93. The molecule has 0 aliphatic heterocycles. The maximum Gasteiger partial charge on any atom is 0.173 e. The lowest BCUT2D eigenvalue weighted by Gasteiger charge is -2.06. The third kappa shape index (κ3) is 3.76. The Morgan fingerprint density at radius 1 is 1.44 bits per heavy atom. The van der Waals surface area contributed by atoms with Crippen LogP contribution < -0.4 is 5.49 Å². The predicted octanol–water partition coefficient (Wildman–Crippen LogP) is 2.60. The molecule has 3 N–H and O–H groups in total. The average Bonchev–Trinajstić information content (AvgIpc) is 3.03. The van der Waals surface area contributed by atoms with Crippen LogP contribution in [0.1, 0.15) is 24.0 Å². The van der Waals surface area contributed by atoms with Gasteiger partial charge in [-0.15, -0.1) is 12.3 Å². The van der Waals surface area contributed by atoms with Crippen molar-refractivity contribution in [3.63, 3.8) is 0 Å².